The molecule has 19 heavy (non-hydrogen) atoms. The molecule has 2 aromatic rings. The van der Waals surface area contributed by atoms with Crippen LogP contribution in [0.5, 0.6) is 5.75 Å². The predicted octanol–water partition coefficient (Wildman–Crippen LogP) is 4.65. The molecule has 0 bridgehead atoms. The molecular formula is C15H12BrClO2. The molecule has 0 spiro atoms. The van der Waals surface area contributed by atoms with Crippen molar-refractivity contribution < 1.29 is 9.53 Å². The third kappa shape index (κ3) is 2.82. The largest absolute Gasteiger partial charge is 0.496 e. The molecule has 0 aromatic heterocycles. The summed E-state index contributed by atoms with van der Waals surface area (Å²) in [5.41, 5.74) is 1.88. The molecule has 2 rings (SSSR count). The maximum absolute atomic E-state index is 12.6. The first-order chi connectivity index (χ1) is 9.04. The minimum absolute atomic E-state index is 0.0989. The lowest BCUT2D eigenvalue weighted by Gasteiger charge is -2.10. The number of halogens is 2. The number of hydrogen-bond donors (Lipinski definition) is 0. The van der Waals surface area contributed by atoms with Gasteiger partial charge in [-0.15, -0.1) is 0 Å². The molecule has 0 aliphatic heterocycles. The van der Waals surface area contributed by atoms with Crippen molar-refractivity contribution in [2.75, 3.05) is 7.11 Å². The molecule has 0 N–H and O–H groups in total. The van der Waals surface area contributed by atoms with Gasteiger partial charge in [0.1, 0.15) is 5.75 Å². The van der Waals surface area contributed by atoms with Crippen LogP contribution in [0.25, 0.3) is 0 Å². The Balaban J connectivity index is 2.56. The van der Waals surface area contributed by atoms with Crippen LogP contribution in [-0.2, 0) is 0 Å². The van der Waals surface area contributed by atoms with E-state index < -0.39 is 0 Å². The molecule has 2 aromatic carbocycles. The van der Waals surface area contributed by atoms with Crippen LogP contribution in [0.15, 0.2) is 40.9 Å². The van der Waals surface area contributed by atoms with Crippen molar-refractivity contribution in [1.29, 1.82) is 0 Å². The average molecular weight is 340 g/mol. The van der Waals surface area contributed by atoms with Gasteiger partial charge in [-0.2, -0.15) is 0 Å². The Morgan fingerprint density at radius 1 is 1.21 bits per heavy atom. The topological polar surface area (TPSA) is 26.3 Å². The first-order valence-corrected chi connectivity index (χ1v) is 6.85. The molecule has 0 atom stereocenters. The zero-order chi connectivity index (χ0) is 14.0. The molecule has 98 valence electrons. The summed E-state index contributed by atoms with van der Waals surface area (Å²) in [5.74, 6) is 0.450. The first-order valence-electron chi connectivity index (χ1n) is 5.68. The summed E-state index contributed by atoms with van der Waals surface area (Å²) in [4.78, 5) is 12.6. The lowest BCUT2D eigenvalue weighted by atomic mass is 9.98. The van der Waals surface area contributed by atoms with Crippen LogP contribution in [0.1, 0.15) is 21.5 Å². The number of benzene rings is 2. The molecule has 2 nitrogen and oxygen atoms in total. The van der Waals surface area contributed by atoms with Crippen LogP contribution in [0.2, 0.25) is 5.02 Å². The minimum Gasteiger partial charge on any atom is -0.496 e. The van der Waals surface area contributed by atoms with E-state index in [9.17, 15) is 4.79 Å². The molecule has 0 aliphatic rings. The van der Waals surface area contributed by atoms with Gasteiger partial charge in [0.15, 0.2) is 5.78 Å². The number of carbonyl (C=O) groups excluding carboxylic acids is 1. The lowest BCUT2D eigenvalue weighted by Crippen LogP contribution is -2.06. The van der Waals surface area contributed by atoms with Crippen LogP contribution >= 0.6 is 27.5 Å². The fraction of sp³-hybridized carbons (Fsp3) is 0.133. The zero-order valence-electron chi connectivity index (χ0n) is 10.5. The Bertz CT molecular complexity index is 638. The van der Waals surface area contributed by atoms with Gasteiger partial charge in [-0.25, -0.2) is 0 Å². The number of carbonyl (C=O) groups is 1. The van der Waals surface area contributed by atoms with E-state index >= 15 is 0 Å². The molecular weight excluding hydrogens is 328 g/mol. The van der Waals surface area contributed by atoms with Crippen molar-refractivity contribution in [2.24, 2.45) is 0 Å². The Labute approximate surface area is 125 Å². The van der Waals surface area contributed by atoms with Gasteiger partial charge >= 0.3 is 0 Å². The summed E-state index contributed by atoms with van der Waals surface area (Å²) in [5, 5.41) is 0.583. The van der Waals surface area contributed by atoms with E-state index in [2.05, 4.69) is 15.9 Å². The predicted molar refractivity (Wildman–Crippen MR) is 80.3 cm³/mol. The van der Waals surface area contributed by atoms with Crippen molar-refractivity contribution in [1.82, 2.24) is 0 Å². The van der Waals surface area contributed by atoms with E-state index in [-0.39, 0.29) is 5.78 Å². The normalized spacial score (nSPS) is 10.3. The van der Waals surface area contributed by atoms with E-state index in [0.29, 0.717) is 21.9 Å². The molecule has 0 aliphatic carbocycles. The van der Waals surface area contributed by atoms with E-state index in [1.165, 1.54) is 0 Å². The Hall–Kier alpha value is -1.32. The second-order valence-electron chi connectivity index (χ2n) is 4.09. The number of methoxy groups -OCH3 is 1. The first kappa shape index (κ1) is 14.1. The van der Waals surface area contributed by atoms with Gasteiger partial charge in [-0.05, 0) is 36.8 Å². The van der Waals surface area contributed by atoms with Crippen LogP contribution in [0, 0.1) is 6.92 Å². The van der Waals surface area contributed by atoms with Gasteiger partial charge in [-0.1, -0.05) is 39.7 Å². The maximum atomic E-state index is 12.6. The Morgan fingerprint density at radius 2 is 1.95 bits per heavy atom. The van der Waals surface area contributed by atoms with Gasteiger partial charge < -0.3 is 4.74 Å². The molecule has 0 fully saturated rings. The second kappa shape index (κ2) is 5.76. The van der Waals surface area contributed by atoms with E-state index in [1.54, 1.807) is 37.4 Å². The highest BCUT2D eigenvalue weighted by molar-refractivity contribution is 9.10. The standard InChI is InChI=1S/C15H12BrClO2/c1-9-11(4-3-5-13(9)17)15(18)12-8-10(16)6-7-14(12)19-2/h3-8H,1-2H3. The van der Waals surface area contributed by atoms with E-state index in [0.717, 1.165) is 10.0 Å². The van der Waals surface area contributed by atoms with Crippen molar-refractivity contribution in [2.45, 2.75) is 6.92 Å². The number of rotatable bonds is 3. The monoisotopic (exact) mass is 338 g/mol. The van der Waals surface area contributed by atoms with Gasteiger partial charge in [0.25, 0.3) is 0 Å². The van der Waals surface area contributed by atoms with Gasteiger partial charge in [0, 0.05) is 15.1 Å². The van der Waals surface area contributed by atoms with Crippen LogP contribution < -0.4 is 4.74 Å². The second-order valence-corrected chi connectivity index (χ2v) is 5.41. The van der Waals surface area contributed by atoms with Crippen molar-refractivity contribution in [3.63, 3.8) is 0 Å². The molecule has 0 saturated heterocycles. The lowest BCUT2D eigenvalue weighted by molar-refractivity contribution is 0.103. The quantitative estimate of drug-likeness (QED) is 0.761. The highest BCUT2D eigenvalue weighted by Crippen LogP contribution is 2.28. The van der Waals surface area contributed by atoms with Gasteiger partial charge in [0.05, 0.1) is 12.7 Å². The van der Waals surface area contributed by atoms with Crippen LogP contribution in [0.3, 0.4) is 0 Å². The van der Waals surface area contributed by atoms with Crippen LogP contribution in [0.4, 0.5) is 0 Å². The van der Waals surface area contributed by atoms with Crippen molar-refractivity contribution in [3.8, 4) is 5.75 Å². The highest BCUT2D eigenvalue weighted by Gasteiger charge is 2.17. The summed E-state index contributed by atoms with van der Waals surface area (Å²) in [6.07, 6.45) is 0. The summed E-state index contributed by atoms with van der Waals surface area (Å²) >= 11 is 9.42. The summed E-state index contributed by atoms with van der Waals surface area (Å²) in [6, 6.07) is 10.7. The summed E-state index contributed by atoms with van der Waals surface area (Å²) < 4.78 is 6.07. The average Bonchev–Trinajstić information content (AvgIpc) is 2.41. The minimum atomic E-state index is -0.0989. The molecule has 0 unspecified atom stereocenters. The smallest absolute Gasteiger partial charge is 0.197 e. The summed E-state index contributed by atoms with van der Waals surface area (Å²) in [7, 11) is 1.55. The summed E-state index contributed by atoms with van der Waals surface area (Å²) in [6.45, 7) is 1.83. The van der Waals surface area contributed by atoms with E-state index in [4.69, 9.17) is 16.3 Å². The fourth-order valence-electron chi connectivity index (χ4n) is 1.86. The molecule has 0 amide bonds. The third-order valence-electron chi connectivity index (χ3n) is 2.92. The SMILES string of the molecule is COc1ccc(Br)cc1C(=O)c1cccc(Cl)c1C. The maximum Gasteiger partial charge on any atom is 0.197 e. The van der Waals surface area contributed by atoms with Crippen molar-refractivity contribution in [3.05, 3.63) is 62.6 Å². The Morgan fingerprint density at radius 3 is 2.63 bits per heavy atom. The zero-order valence-corrected chi connectivity index (χ0v) is 12.9. The molecule has 0 radical (unpaired) electrons. The molecule has 0 saturated carbocycles. The number of hydrogen-bond acceptors (Lipinski definition) is 2. The Kier molecular flexibility index (Phi) is 4.27. The molecule has 4 heteroatoms. The number of ketones is 1. The van der Waals surface area contributed by atoms with E-state index in [1.807, 2.05) is 13.0 Å². The van der Waals surface area contributed by atoms with Gasteiger partial charge in [-0.3, -0.25) is 4.79 Å². The van der Waals surface area contributed by atoms with Crippen LogP contribution in [-0.4, -0.2) is 12.9 Å². The highest BCUT2D eigenvalue weighted by atomic mass is 79.9. The fourth-order valence-corrected chi connectivity index (χ4v) is 2.39. The van der Waals surface area contributed by atoms with Crippen molar-refractivity contribution >= 4 is 33.3 Å². The third-order valence-corrected chi connectivity index (χ3v) is 3.82. The van der Waals surface area contributed by atoms with Gasteiger partial charge in [0.2, 0.25) is 0 Å². The number of ether oxygens (including phenoxy) is 1. The molecule has 0 heterocycles.